The maximum atomic E-state index is 13.0. The van der Waals surface area contributed by atoms with Crippen LogP contribution in [0, 0.1) is 17.1 Å². The summed E-state index contributed by atoms with van der Waals surface area (Å²) in [6.45, 7) is 0.122. The van der Waals surface area contributed by atoms with E-state index in [0.717, 1.165) is 6.07 Å². The van der Waals surface area contributed by atoms with Crippen molar-refractivity contribution in [1.29, 1.82) is 5.26 Å². The standard InChI is InChI=1S/C12H11FN2O3/c13-8-1-2-10(7(3-8)5-14)15-6-9(16)4-11(15)12(17)18/h1-3,9,11,16H,4,6H2,(H,17,18). The number of rotatable bonds is 2. The molecule has 1 heterocycles. The summed E-state index contributed by atoms with van der Waals surface area (Å²) in [6.07, 6.45) is -0.667. The van der Waals surface area contributed by atoms with Gasteiger partial charge in [-0.1, -0.05) is 0 Å². The van der Waals surface area contributed by atoms with Gasteiger partial charge >= 0.3 is 5.97 Å². The zero-order valence-electron chi connectivity index (χ0n) is 9.38. The van der Waals surface area contributed by atoms with Crippen LogP contribution in [0.5, 0.6) is 0 Å². The number of carboxylic acids is 1. The summed E-state index contributed by atoms with van der Waals surface area (Å²) in [6, 6.07) is 4.52. The zero-order valence-corrected chi connectivity index (χ0v) is 9.38. The number of hydrogen-bond acceptors (Lipinski definition) is 4. The number of carbonyl (C=O) groups is 1. The van der Waals surface area contributed by atoms with Gasteiger partial charge in [-0.25, -0.2) is 9.18 Å². The first-order valence-corrected chi connectivity index (χ1v) is 5.40. The third-order valence-electron chi connectivity index (χ3n) is 2.95. The number of halogens is 1. The van der Waals surface area contributed by atoms with E-state index in [9.17, 15) is 14.3 Å². The first-order valence-electron chi connectivity index (χ1n) is 5.40. The van der Waals surface area contributed by atoms with Gasteiger partial charge < -0.3 is 15.1 Å². The Morgan fingerprint density at radius 3 is 2.89 bits per heavy atom. The summed E-state index contributed by atoms with van der Waals surface area (Å²) >= 11 is 0. The number of β-amino-alcohol motifs (C(OH)–C–C–N with tert-alkyl or cyclic N) is 1. The van der Waals surface area contributed by atoms with Gasteiger partial charge in [0.1, 0.15) is 17.9 Å². The number of aliphatic hydroxyl groups is 1. The molecule has 1 aliphatic heterocycles. The van der Waals surface area contributed by atoms with Gasteiger partial charge in [0.2, 0.25) is 0 Å². The Hall–Kier alpha value is -2.13. The van der Waals surface area contributed by atoms with Gasteiger partial charge in [-0.15, -0.1) is 0 Å². The minimum atomic E-state index is -1.07. The van der Waals surface area contributed by atoms with Crippen molar-refractivity contribution in [2.24, 2.45) is 0 Å². The quantitative estimate of drug-likeness (QED) is 0.808. The van der Waals surface area contributed by atoms with Crippen LogP contribution in [0.3, 0.4) is 0 Å². The van der Waals surface area contributed by atoms with Gasteiger partial charge in [0.05, 0.1) is 17.4 Å². The Balaban J connectivity index is 2.42. The molecule has 0 aromatic heterocycles. The molecule has 0 saturated carbocycles. The monoisotopic (exact) mass is 250 g/mol. The number of aliphatic hydroxyl groups excluding tert-OH is 1. The minimum Gasteiger partial charge on any atom is -0.480 e. The number of hydrogen-bond donors (Lipinski definition) is 2. The van der Waals surface area contributed by atoms with Gasteiger partial charge in [0.15, 0.2) is 0 Å². The summed E-state index contributed by atoms with van der Waals surface area (Å²) in [7, 11) is 0. The molecule has 1 aliphatic rings. The van der Waals surface area contributed by atoms with Gasteiger partial charge in [0.25, 0.3) is 0 Å². The van der Waals surface area contributed by atoms with Crippen LogP contribution in [-0.4, -0.2) is 34.9 Å². The molecule has 18 heavy (non-hydrogen) atoms. The van der Waals surface area contributed by atoms with E-state index >= 15 is 0 Å². The molecule has 2 atom stereocenters. The molecule has 6 heteroatoms. The van der Waals surface area contributed by atoms with Crippen LogP contribution in [0.1, 0.15) is 12.0 Å². The molecule has 2 N–H and O–H groups in total. The Bertz CT molecular complexity index is 527. The van der Waals surface area contributed by atoms with E-state index in [1.807, 2.05) is 6.07 Å². The van der Waals surface area contributed by atoms with Gasteiger partial charge in [-0.2, -0.15) is 5.26 Å². The van der Waals surface area contributed by atoms with Gasteiger partial charge in [0, 0.05) is 13.0 Å². The molecule has 1 saturated heterocycles. The normalized spacial score (nSPS) is 22.8. The predicted octanol–water partition coefficient (Wildman–Crippen LogP) is 0.722. The third-order valence-corrected chi connectivity index (χ3v) is 2.95. The first kappa shape index (κ1) is 12.3. The van der Waals surface area contributed by atoms with Crippen molar-refractivity contribution in [3.05, 3.63) is 29.6 Å². The van der Waals surface area contributed by atoms with Crippen molar-refractivity contribution in [3.63, 3.8) is 0 Å². The van der Waals surface area contributed by atoms with Crippen molar-refractivity contribution >= 4 is 11.7 Å². The van der Waals surface area contributed by atoms with Gasteiger partial charge in [-0.05, 0) is 18.2 Å². The Kier molecular flexibility index (Phi) is 3.17. The second-order valence-electron chi connectivity index (χ2n) is 4.17. The lowest BCUT2D eigenvalue weighted by Gasteiger charge is -2.24. The molecule has 0 radical (unpaired) electrons. The number of nitrogens with zero attached hydrogens (tertiary/aromatic N) is 2. The molecule has 2 rings (SSSR count). The van der Waals surface area contributed by atoms with Crippen LogP contribution in [0.25, 0.3) is 0 Å². The number of nitriles is 1. The van der Waals surface area contributed by atoms with Crippen molar-refractivity contribution < 1.29 is 19.4 Å². The summed E-state index contributed by atoms with van der Waals surface area (Å²) in [4.78, 5) is 12.5. The SMILES string of the molecule is N#Cc1cc(F)ccc1N1CC(O)CC1C(=O)O. The summed E-state index contributed by atoms with van der Waals surface area (Å²) in [5, 5.41) is 27.5. The fourth-order valence-electron chi connectivity index (χ4n) is 2.16. The predicted molar refractivity (Wildman–Crippen MR) is 60.5 cm³/mol. The van der Waals surface area contributed by atoms with Crippen LogP contribution in [0.4, 0.5) is 10.1 Å². The molecule has 0 spiro atoms. The molecule has 0 amide bonds. The topological polar surface area (TPSA) is 84.6 Å². The molecule has 1 aromatic carbocycles. The van der Waals surface area contributed by atoms with E-state index in [-0.39, 0.29) is 18.5 Å². The van der Waals surface area contributed by atoms with E-state index in [2.05, 4.69) is 0 Å². The minimum absolute atomic E-state index is 0.0651. The highest BCUT2D eigenvalue weighted by molar-refractivity contribution is 5.80. The van der Waals surface area contributed by atoms with E-state index in [0.29, 0.717) is 5.69 Å². The number of aliphatic carboxylic acids is 1. The molecule has 5 nitrogen and oxygen atoms in total. The maximum Gasteiger partial charge on any atom is 0.326 e. The Labute approximate surface area is 103 Å². The van der Waals surface area contributed by atoms with Crippen molar-refractivity contribution in [2.45, 2.75) is 18.6 Å². The van der Waals surface area contributed by atoms with Crippen LogP contribution in [-0.2, 0) is 4.79 Å². The van der Waals surface area contributed by atoms with Crippen LogP contribution < -0.4 is 4.90 Å². The summed E-state index contributed by atoms with van der Waals surface area (Å²) < 4.78 is 13.0. The average molecular weight is 250 g/mol. The van der Waals surface area contributed by atoms with E-state index in [1.54, 1.807) is 0 Å². The zero-order chi connectivity index (χ0) is 13.3. The Morgan fingerprint density at radius 1 is 1.56 bits per heavy atom. The molecule has 0 aliphatic carbocycles. The van der Waals surface area contributed by atoms with Crippen LogP contribution in [0.15, 0.2) is 18.2 Å². The molecule has 94 valence electrons. The first-order chi connectivity index (χ1) is 8.52. The van der Waals surface area contributed by atoms with Crippen molar-refractivity contribution in [1.82, 2.24) is 0 Å². The lowest BCUT2D eigenvalue weighted by Crippen LogP contribution is -2.36. The summed E-state index contributed by atoms with van der Waals surface area (Å²) in [5.41, 5.74) is 0.401. The molecular formula is C12H11FN2O3. The third kappa shape index (κ3) is 2.13. The molecule has 0 bridgehead atoms. The molecule has 1 fully saturated rings. The molecule has 2 unspecified atom stereocenters. The number of benzene rings is 1. The van der Waals surface area contributed by atoms with Crippen LogP contribution >= 0.6 is 0 Å². The Morgan fingerprint density at radius 2 is 2.28 bits per heavy atom. The highest BCUT2D eigenvalue weighted by Gasteiger charge is 2.37. The fraction of sp³-hybridized carbons (Fsp3) is 0.333. The van der Waals surface area contributed by atoms with Crippen molar-refractivity contribution in [2.75, 3.05) is 11.4 Å². The molecule has 1 aromatic rings. The smallest absolute Gasteiger partial charge is 0.326 e. The highest BCUT2D eigenvalue weighted by atomic mass is 19.1. The van der Waals surface area contributed by atoms with Crippen LogP contribution in [0.2, 0.25) is 0 Å². The number of carboxylic acid groups (broad SMARTS) is 1. The molecular weight excluding hydrogens is 239 g/mol. The van der Waals surface area contributed by atoms with Gasteiger partial charge in [-0.3, -0.25) is 0 Å². The highest BCUT2D eigenvalue weighted by Crippen LogP contribution is 2.29. The lowest BCUT2D eigenvalue weighted by molar-refractivity contribution is -0.138. The second kappa shape index (κ2) is 4.63. The lowest BCUT2D eigenvalue weighted by atomic mass is 10.1. The van der Waals surface area contributed by atoms with E-state index < -0.39 is 23.9 Å². The van der Waals surface area contributed by atoms with E-state index in [1.165, 1.54) is 17.0 Å². The fourth-order valence-corrected chi connectivity index (χ4v) is 2.16. The second-order valence-corrected chi connectivity index (χ2v) is 4.17. The largest absolute Gasteiger partial charge is 0.480 e. The number of anilines is 1. The average Bonchev–Trinajstić information content (AvgIpc) is 2.71. The van der Waals surface area contributed by atoms with E-state index in [4.69, 9.17) is 10.4 Å². The van der Waals surface area contributed by atoms with Crippen molar-refractivity contribution in [3.8, 4) is 6.07 Å². The maximum absolute atomic E-state index is 13.0. The summed E-state index contributed by atoms with van der Waals surface area (Å²) in [5.74, 6) is -1.62.